The van der Waals surface area contributed by atoms with Crippen molar-refractivity contribution in [1.29, 1.82) is 0 Å². The summed E-state index contributed by atoms with van der Waals surface area (Å²) in [6.07, 6.45) is 0. The van der Waals surface area contributed by atoms with E-state index in [0.29, 0.717) is 0 Å². The first-order valence-electron chi connectivity index (χ1n) is 4.26. The molecular formula is C8H8N4O4. The van der Waals surface area contributed by atoms with Gasteiger partial charge < -0.3 is 14.0 Å². The molecule has 16 heavy (non-hydrogen) atoms. The Bertz CT molecular complexity index is 504. The quantitative estimate of drug-likeness (QED) is 0.745. The molecular weight excluding hydrogens is 216 g/mol. The van der Waals surface area contributed by atoms with E-state index >= 15 is 0 Å². The largest absolute Gasteiger partial charge is 0.479 e. The molecule has 0 aromatic carbocycles. The average molecular weight is 224 g/mol. The molecule has 0 spiro atoms. The summed E-state index contributed by atoms with van der Waals surface area (Å²) in [4.78, 5) is 11.3. The van der Waals surface area contributed by atoms with Gasteiger partial charge in [-0.15, -0.1) is 5.10 Å². The van der Waals surface area contributed by atoms with Gasteiger partial charge in [-0.3, -0.25) is 0 Å². The molecule has 0 aliphatic rings. The van der Waals surface area contributed by atoms with Crippen LogP contribution in [-0.4, -0.2) is 40.8 Å². The smallest absolute Gasteiger partial charge is 0.361 e. The number of aromatic nitrogens is 4. The lowest BCUT2D eigenvalue weighted by Crippen LogP contribution is -2.03. The van der Waals surface area contributed by atoms with Gasteiger partial charge in [-0.05, 0) is 5.16 Å². The number of rotatable bonds is 3. The van der Waals surface area contributed by atoms with Crippen LogP contribution >= 0.6 is 0 Å². The van der Waals surface area contributed by atoms with E-state index in [0.717, 1.165) is 0 Å². The summed E-state index contributed by atoms with van der Waals surface area (Å²) in [5.41, 5.74) is 0.254. The van der Waals surface area contributed by atoms with Crippen molar-refractivity contribution in [1.82, 2.24) is 20.6 Å². The number of ether oxygens (including phenoxy) is 2. The van der Waals surface area contributed by atoms with Crippen molar-refractivity contribution in [3.8, 4) is 17.3 Å². The van der Waals surface area contributed by atoms with E-state index in [9.17, 15) is 4.79 Å². The highest BCUT2D eigenvalue weighted by Gasteiger charge is 2.21. The monoisotopic (exact) mass is 224 g/mol. The van der Waals surface area contributed by atoms with Crippen molar-refractivity contribution in [3.63, 3.8) is 0 Å². The third kappa shape index (κ3) is 1.60. The van der Waals surface area contributed by atoms with Crippen LogP contribution in [0.2, 0.25) is 0 Å². The number of carbonyl (C=O) groups excluding carboxylic acids is 1. The third-order valence-electron chi connectivity index (χ3n) is 1.86. The first-order chi connectivity index (χ1) is 7.76. The van der Waals surface area contributed by atoms with E-state index in [-0.39, 0.29) is 23.0 Å². The van der Waals surface area contributed by atoms with Crippen molar-refractivity contribution in [2.24, 2.45) is 0 Å². The molecule has 2 rings (SSSR count). The highest BCUT2D eigenvalue weighted by molar-refractivity contribution is 5.93. The third-order valence-corrected chi connectivity index (χ3v) is 1.86. The summed E-state index contributed by atoms with van der Waals surface area (Å²) >= 11 is 0. The molecule has 0 fully saturated rings. The first kappa shape index (κ1) is 10.1. The summed E-state index contributed by atoms with van der Waals surface area (Å²) in [6.45, 7) is 0. The standard InChI is InChI=1S/C8H8N4O4/c1-14-5-3-4(16-11-5)6-7(8(13)15-2)10-12-9-6/h3H,1-2H3,(H,9,10,12). The molecule has 0 unspecified atom stereocenters. The van der Waals surface area contributed by atoms with E-state index in [4.69, 9.17) is 9.26 Å². The van der Waals surface area contributed by atoms with E-state index in [1.54, 1.807) is 0 Å². The summed E-state index contributed by atoms with van der Waals surface area (Å²) in [5, 5.41) is 13.3. The Labute approximate surface area is 89.5 Å². The molecule has 0 radical (unpaired) electrons. The van der Waals surface area contributed by atoms with E-state index in [1.165, 1.54) is 20.3 Å². The molecule has 0 amide bonds. The first-order valence-corrected chi connectivity index (χ1v) is 4.26. The van der Waals surface area contributed by atoms with Crippen LogP contribution in [0, 0.1) is 0 Å². The number of carbonyl (C=O) groups is 1. The molecule has 0 saturated heterocycles. The van der Waals surface area contributed by atoms with Crippen molar-refractivity contribution in [2.75, 3.05) is 14.2 Å². The van der Waals surface area contributed by atoms with Crippen LogP contribution in [0.5, 0.6) is 5.88 Å². The van der Waals surface area contributed by atoms with Crippen molar-refractivity contribution >= 4 is 5.97 Å². The van der Waals surface area contributed by atoms with E-state index in [1.807, 2.05) is 0 Å². The zero-order valence-electron chi connectivity index (χ0n) is 8.55. The lowest BCUT2D eigenvalue weighted by Gasteiger charge is -1.93. The van der Waals surface area contributed by atoms with Crippen molar-refractivity contribution < 1.29 is 18.8 Å². The molecule has 84 valence electrons. The molecule has 8 nitrogen and oxygen atoms in total. The molecule has 2 heterocycles. The fourth-order valence-electron chi connectivity index (χ4n) is 1.11. The van der Waals surface area contributed by atoms with Gasteiger partial charge in [0.25, 0.3) is 5.88 Å². The van der Waals surface area contributed by atoms with Crippen molar-refractivity contribution in [2.45, 2.75) is 0 Å². The van der Waals surface area contributed by atoms with E-state index in [2.05, 4.69) is 25.3 Å². The Hall–Kier alpha value is -2.38. The van der Waals surface area contributed by atoms with Gasteiger partial charge in [0.1, 0.15) is 0 Å². The normalized spacial score (nSPS) is 10.1. The van der Waals surface area contributed by atoms with Gasteiger partial charge in [0.2, 0.25) is 5.69 Å². The number of hydrogen-bond donors (Lipinski definition) is 1. The van der Waals surface area contributed by atoms with Gasteiger partial charge in [-0.2, -0.15) is 10.3 Å². The second-order valence-electron chi connectivity index (χ2n) is 2.75. The molecule has 0 aliphatic heterocycles. The number of methoxy groups -OCH3 is 2. The SMILES string of the molecule is COC(=O)c1n[nH]nc1-c1cc(OC)no1. The maximum absolute atomic E-state index is 11.3. The Balaban J connectivity index is 2.40. The molecule has 8 heteroatoms. The van der Waals surface area contributed by atoms with Crippen molar-refractivity contribution in [3.05, 3.63) is 11.8 Å². The molecule has 2 aromatic heterocycles. The zero-order chi connectivity index (χ0) is 11.5. The van der Waals surface area contributed by atoms with Crippen LogP contribution in [0.25, 0.3) is 11.5 Å². The molecule has 0 atom stereocenters. The second kappa shape index (κ2) is 4.01. The lowest BCUT2D eigenvalue weighted by molar-refractivity contribution is 0.0594. The number of nitrogens with zero attached hydrogens (tertiary/aromatic N) is 3. The average Bonchev–Trinajstić information content (AvgIpc) is 2.95. The van der Waals surface area contributed by atoms with Gasteiger partial charge in [0.15, 0.2) is 11.5 Å². The van der Waals surface area contributed by atoms with Crippen LogP contribution in [0.4, 0.5) is 0 Å². The number of hydrogen-bond acceptors (Lipinski definition) is 7. The van der Waals surface area contributed by atoms with Gasteiger partial charge in [-0.1, -0.05) is 0 Å². The Morgan fingerprint density at radius 2 is 2.25 bits per heavy atom. The molecule has 2 aromatic rings. The summed E-state index contributed by atoms with van der Waals surface area (Å²) in [7, 11) is 2.70. The fraction of sp³-hybridized carbons (Fsp3) is 0.250. The minimum atomic E-state index is -0.612. The molecule has 0 bridgehead atoms. The Kier molecular flexibility index (Phi) is 2.54. The van der Waals surface area contributed by atoms with Crippen LogP contribution in [0.3, 0.4) is 0 Å². The van der Waals surface area contributed by atoms with Gasteiger partial charge >= 0.3 is 5.97 Å². The number of nitrogens with one attached hydrogen (secondary N) is 1. The molecule has 0 saturated carbocycles. The second-order valence-corrected chi connectivity index (χ2v) is 2.75. The number of esters is 1. The summed E-state index contributed by atoms with van der Waals surface area (Å²) in [5.74, 6) is -0.0565. The minimum Gasteiger partial charge on any atom is -0.479 e. The molecule has 0 aliphatic carbocycles. The van der Waals surface area contributed by atoms with Gasteiger partial charge in [0.05, 0.1) is 20.3 Å². The minimum absolute atomic E-state index is 0.0290. The number of aromatic amines is 1. The van der Waals surface area contributed by atoms with Crippen LogP contribution in [0.1, 0.15) is 10.5 Å². The highest BCUT2D eigenvalue weighted by atomic mass is 16.5. The maximum atomic E-state index is 11.3. The predicted octanol–water partition coefficient (Wildman–Crippen LogP) is 0.255. The summed E-state index contributed by atoms with van der Waals surface area (Å²) < 4.78 is 14.3. The Morgan fingerprint density at radius 1 is 1.44 bits per heavy atom. The predicted molar refractivity (Wildman–Crippen MR) is 49.8 cm³/mol. The van der Waals surface area contributed by atoms with E-state index < -0.39 is 5.97 Å². The van der Waals surface area contributed by atoms with Gasteiger partial charge in [-0.25, -0.2) is 4.79 Å². The van der Waals surface area contributed by atoms with Crippen LogP contribution in [-0.2, 0) is 4.74 Å². The maximum Gasteiger partial charge on any atom is 0.361 e. The Morgan fingerprint density at radius 3 is 2.88 bits per heavy atom. The number of H-pyrrole nitrogens is 1. The topological polar surface area (TPSA) is 103 Å². The van der Waals surface area contributed by atoms with Crippen LogP contribution < -0.4 is 4.74 Å². The zero-order valence-corrected chi connectivity index (χ0v) is 8.55. The molecule has 1 N–H and O–H groups in total. The van der Waals surface area contributed by atoms with Gasteiger partial charge in [0, 0.05) is 0 Å². The summed E-state index contributed by atoms with van der Waals surface area (Å²) in [6, 6.07) is 1.49. The highest BCUT2D eigenvalue weighted by Crippen LogP contribution is 2.23. The fourth-order valence-corrected chi connectivity index (χ4v) is 1.11. The van der Waals surface area contributed by atoms with Crippen LogP contribution in [0.15, 0.2) is 10.6 Å². The lowest BCUT2D eigenvalue weighted by atomic mass is 10.2.